The summed E-state index contributed by atoms with van der Waals surface area (Å²) in [5.74, 6) is 0.125. The van der Waals surface area contributed by atoms with Crippen molar-refractivity contribution in [2.75, 3.05) is 0 Å². The topological polar surface area (TPSA) is 66.4 Å². The first-order valence-corrected chi connectivity index (χ1v) is 8.38. The lowest BCUT2D eigenvalue weighted by Crippen LogP contribution is -2.51. The second-order valence-electron chi connectivity index (χ2n) is 7.34. The Labute approximate surface area is 138 Å². The number of hydrogen-bond acceptors (Lipinski definition) is 2. The van der Waals surface area contributed by atoms with Crippen LogP contribution in [0.5, 0.6) is 0 Å². The molecular weight excluding hydrogens is 290 g/mol. The smallest absolute Gasteiger partial charge is 0.305 e. The molecule has 0 aromatic heterocycles. The van der Waals surface area contributed by atoms with Crippen molar-refractivity contribution in [3.05, 3.63) is 35.9 Å². The molecule has 1 saturated carbocycles. The number of carboxylic acids is 1. The molecule has 1 atom stereocenters. The molecule has 1 aromatic carbocycles. The average Bonchev–Trinajstić information content (AvgIpc) is 2.42. The average molecular weight is 317 g/mol. The number of aliphatic carboxylic acids is 1. The molecule has 0 spiro atoms. The summed E-state index contributed by atoms with van der Waals surface area (Å²) in [6, 6.07) is 10.4. The van der Waals surface area contributed by atoms with Gasteiger partial charge in [0.05, 0.1) is 6.42 Å². The first kappa shape index (κ1) is 17.5. The van der Waals surface area contributed by atoms with Gasteiger partial charge in [-0.2, -0.15) is 0 Å². The van der Waals surface area contributed by atoms with E-state index in [1.807, 2.05) is 26.8 Å². The molecule has 1 amide bonds. The zero-order valence-corrected chi connectivity index (χ0v) is 14.2. The Kier molecular flexibility index (Phi) is 5.45. The summed E-state index contributed by atoms with van der Waals surface area (Å²) in [4.78, 5) is 23.3. The number of carbonyl (C=O) groups is 2. The van der Waals surface area contributed by atoms with Gasteiger partial charge in [0.25, 0.3) is 0 Å². The van der Waals surface area contributed by atoms with Crippen LogP contribution >= 0.6 is 0 Å². The Morgan fingerprint density at radius 3 is 2.39 bits per heavy atom. The third-order valence-electron chi connectivity index (χ3n) is 5.20. The van der Waals surface area contributed by atoms with E-state index in [2.05, 4.69) is 29.6 Å². The van der Waals surface area contributed by atoms with Crippen molar-refractivity contribution >= 4 is 11.9 Å². The van der Waals surface area contributed by atoms with Crippen molar-refractivity contribution in [1.82, 2.24) is 5.32 Å². The summed E-state index contributed by atoms with van der Waals surface area (Å²) in [6.07, 6.45) is 2.52. The van der Waals surface area contributed by atoms with Crippen LogP contribution in [0.25, 0.3) is 0 Å². The lowest BCUT2D eigenvalue weighted by Gasteiger charge is -2.38. The molecule has 0 saturated heterocycles. The van der Waals surface area contributed by atoms with Crippen LogP contribution in [-0.4, -0.2) is 22.5 Å². The van der Waals surface area contributed by atoms with Crippen LogP contribution in [0.4, 0.5) is 0 Å². The van der Waals surface area contributed by atoms with Gasteiger partial charge in [-0.3, -0.25) is 9.59 Å². The Hall–Kier alpha value is -1.84. The minimum atomic E-state index is -0.880. The maximum atomic E-state index is 12.3. The largest absolute Gasteiger partial charge is 0.481 e. The lowest BCUT2D eigenvalue weighted by molar-refractivity contribution is -0.139. The van der Waals surface area contributed by atoms with Crippen LogP contribution in [-0.2, 0) is 9.59 Å². The zero-order chi connectivity index (χ0) is 17.0. The molecule has 126 valence electrons. The molecule has 0 radical (unpaired) electrons. The number of nitrogens with one attached hydrogen (secondary N) is 1. The standard InChI is InChI=1S/C19H27NO3/c1-13(2)19(3,12-18(22)23)20-17(21)11-14-9-16(10-14)15-7-5-4-6-8-15/h4-8,13-14,16H,9-12H2,1-3H3,(H,20,21)(H,22,23). The van der Waals surface area contributed by atoms with E-state index in [-0.39, 0.29) is 18.2 Å². The number of carbonyl (C=O) groups excluding carboxylic acids is 1. The molecule has 0 aliphatic heterocycles. The zero-order valence-electron chi connectivity index (χ0n) is 14.2. The van der Waals surface area contributed by atoms with E-state index in [0.717, 1.165) is 12.8 Å². The van der Waals surface area contributed by atoms with E-state index in [0.29, 0.717) is 18.3 Å². The van der Waals surface area contributed by atoms with Crippen LogP contribution in [0.2, 0.25) is 0 Å². The molecule has 1 aliphatic rings. The molecule has 1 aliphatic carbocycles. The highest BCUT2D eigenvalue weighted by Crippen LogP contribution is 2.43. The summed E-state index contributed by atoms with van der Waals surface area (Å²) in [7, 11) is 0. The van der Waals surface area contributed by atoms with Crippen LogP contribution in [0.3, 0.4) is 0 Å². The van der Waals surface area contributed by atoms with Crippen LogP contribution in [0.1, 0.15) is 57.9 Å². The second kappa shape index (κ2) is 7.16. The van der Waals surface area contributed by atoms with Gasteiger partial charge >= 0.3 is 5.97 Å². The predicted octanol–water partition coefficient (Wildman–Crippen LogP) is 3.58. The van der Waals surface area contributed by atoms with E-state index < -0.39 is 11.5 Å². The van der Waals surface area contributed by atoms with Gasteiger partial charge in [-0.15, -0.1) is 0 Å². The van der Waals surface area contributed by atoms with Gasteiger partial charge in [-0.25, -0.2) is 0 Å². The highest BCUT2D eigenvalue weighted by Gasteiger charge is 2.36. The highest BCUT2D eigenvalue weighted by molar-refractivity contribution is 5.78. The van der Waals surface area contributed by atoms with Gasteiger partial charge in [-0.1, -0.05) is 44.2 Å². The molecule has 1 unspecified atom stereocenters. The SMILES string of the molecule is CC(C)C(C)(CC(=O)O)NC(=O)CC1CC(c2ccccc2)C1. The molecule has 23 heavy (non-hydrogen) atoms. The van der Waals surface area contributed by atoms with Crippen molar-refractivity contribution < 1.29 is 14.7 Å². The maximum absolute atomic E-state index is 12.3. The fraction of sp³-hybridized carbons (Fsp3) is 0.579. The van der Waals surface area contributed by atoms with Gasteiger partial charge in [0.15, 0.2) is 0 Å². The van der Waals surface area contributed by atoms with Gasteiger partial charge < -0.3 is 10.4 Å². The van der Waals surface area contributed by atoms with Crippen molar-refractivity contribution in [2.24, 2.45) is 11.8 Å². The highest BCUT2D eigenvalue weighted by atomic mass is 16.4. The summed E-state index contributed by atoms with van der Waals surface area (Å²) < 4.78 is 0. The summed E-state index contributed by atoms with van der Waals surface area (Å²) in [5, 5.41) is 12.0. The monoisotopic (exact) mass is 317 g/mol. The van der Waals surface area contributed by atoms with Crippen molar-refractivity contribution in [3.63, 3.8) is 0 Å². The van der Waals surface area contributed by atoms with Gasteiger partial charge in [0.1, 0.15) is 0 Å². The number of hydrogen-bond donors (Lipinski definition) is 2. The summed E-state index contributed by atoms with van der Waals surface area (Å²) in [5.41, 5.74) is 0.660. The third kappa shape index (κ3) is 4.57. The second-order valence-corrected chi connectivity index (χ2v) is 7.34. The molecule has 4 nitrogen and oxygen atoms in total. The summed E-state index contributed by atoms with van der Waals surface area (Å²) in [6.45, 7) is 5.70. The first-order valence-electron chi connectivity index (χ1n) is 8.38. The Balaban J connectivity index is 1.83. The van der Waals surface area contributed by atoms with Crippen molar-refractivity contribution in [1.29, 1.82) is 0 Å². The maximum Gasteiger partial charge on any atom is 0.305 e. The first-order chi connectivity index (χ1) is 10.8. The van der Waals surface area contributed by atoms with E-state index in [1.165, 1.54) is 5.56 Å². The molecular formula is C19H27NO3. The Bertz CT molecular complexity index is 549. The van der Waals surface area contributed by atoms with E-state index in [4.69, 9.17) is 5.11 Å². The van der Waals surface area contributed by atoms with Crippen LogP contribution in [0.15, 0.2) is 30.3 Å². The van der Waals surface area contributed by atoms with Crippen LogP contribution < -0.4 is 5.32 Å². The van der Waals surface area contributed by atoms with Crippen LogP contribution in [0, 0.1) is 11.8 Å². The molecule has 2 rings (SSSR count). The number of amides is 1. The van der Waals surface area contributed by atoms with E-state index >= 15 is 0 Å². The fourth-order valence-corrected chi connectivity index (χ4v) is 3.24. The molecule has 0 bridgehead atoms. The molecule has 1 fully saturated rings. The molecule has 1 aromatic rings. The predicted molar refractivity (Wildman–Crippen MR) is 90.2 cm³/mol. The number of carboxylic acid groups (broad SMARTS) is 1. The van der Waals surface area contributed by atoms with E-state index in [1.54, 1.807) is 0 Å². The van der Waals surface area contributed by atoms with Crippen molar-refractivity contribution in [2.45, 2.75) is 57.9 Å². The quantitative estimate of drug-likeness (QED) is 0.808. The molecule has 4 heteroatoms. The van der Waals surface area contributed by atoms with Gasteiger partial charge in [-0.05, 0) is 43.1 Å². The fourth-order valence-electron chi connectivity index (χ4n) is 3.24. The Morgan fingerprint density at radius 1 is 1.26 bits per heavy atom. The third-order valence-corrected chi connectivity index (χ3v) is 5.20. The number of rotatable bonds is 7. The molecule has 0 heterocycles. The molecule has 2 N–H and O–H groups in total. The lowest BCUT2D eigenvalue weighted by atomic mass is 9.70. The van der Waals surface area contributed by atoms with Gasteiger partial charge in [0, 0.05) is 12.0 Å². The normalized spacial score (nSPS) is 23.0. The minimum absolute atomic E-state index is 0.0287. The van der Waals surface area contributed by atoms with Gasteiger partial charge in [0.2, 0.25) is 5.91 Å². The number of benzene rings is 1. The van der Waals surface area contributed by atoms with Crippen molar-refractivity contribution in [3.8, 4) is 0 Å². The Morgan fingerprint density at radius 2 is 1.87 bits per heavy atom. The minimum Gasteiger partial charge on any atom is -0.481 e. The summed E-state index contributed by atoms with van der Waals surface area (Å²) >= 11 is 0. The van der Waals surface area contributed by atoms with E-state index in [9.17, 15) is 9.59 Å².